The number of furan rings is 1. The zero-order chi connectivity index (χ0) is 25.5. The Kier molecular flexibility index (Phi) is 7.88. The fraction of sp³-hybridized carbons (Fsp3) is 0.148. The van der Waals surface area contributed by atoms with E-state index in [1.165, 1.54) is 6.21 Å². The largest absolute Gasteiger partial charge is 0.486 e. The van der Waals surface area contributed by atoms with E-state index in [0.29, 0.717) is 22.8 Å². The van der Waals surface area contributed by atoms with Crippen LogP contribution in [0.15, 0.2) is 80.7 Å². The van der Waals surface area contributed by atoms with Crippen LogP contribution >= 0.6 is 15.9 Å². The number of amides is 1. The number of hydrazone groups is 1. The Bertz CT molecular complexity index is 1410. The zero-order valence-electron chi connectivity index (χ0n) is 19.7. The van der Waals surface area contributed by atoms with E-state index in [2.05, 4.69) is 57.0 Å². The summed E-state index contributed by atoms with van der Waals surface area (Å²) in [5, 5.41) is 12.7. The maximum absolute atomic E-state index is 12.4. The van der Waals surface area contributed by atoms with E-state index in [1.54, 1.807) is 30.3 Å². The Morgan fingerprint density at radius 3 is 2.56 bits per heavy atom. The molecule has 0 spiro atoms. The van der Waals surface area contributed by atoms with Gasteiger partial charge >= 0.3 is 5.91 Å². The van der Waals surface area contributed by atoms with Gasteiger partial charge in [-0.25, -0.2) is 5.43 Å². The van der Waals surface area contributed by atoms with Gasteiger partial charge in [0.2, 0.25) is 0 Å². The van der Waals surface area contributed by atoms with E-state index in [9.17, 15) is 4.79 Å². The second kappa shape index (κ2) is 11.4. The van der Waals surface area contributed by atoms with Crippen LogP contribution in [0.5, 0.6) is 11.5 Å². The zero-order valence-corrected chi connectivity index (χ0v) is 21.3. The number of aromatic nitrogens is 1. The molecule has 1 amide bonds. The van der Waals surface area contributed by atoms with Crippen LogP contribution in [-0.4, -0.2) is 23.3 Å². The van der Waals surface area contributed by atoms with Gasteiger partial charge in [-0.15, -0.1) is 0 Å². The van der Waals surface area contributed by atoms with Crippen molar-refractivity contribution in [3.8, 4) is 23.3 Å². The molecule has 4 rings (SSSR count). The number of hydrogen-bond donors (Lipinski definition) is 1. The average Bonchev–Trinajstić information content (AvgIpc) is 3.49. The predicted molar refractivity (Wildman–Crippen MR) is 139 cm³/mol. The number of nitrogens with zero attached hydrogens (tertiary/aromatic N) is 3. The van der Waals surface area contributed by atoms with Gasteiger partial charge in [-0.05, 0) is 80.6 Å². The fourth-order valence-electron chi connectivity index (χ4n) is 3.58. The van der Waals surface area contributed by atoms with Crippen molar-refractivity contribution < 1.29 is 18.7 Å². The van der Waals surface area contributed by atoms with Crippen molar-refractivity contribution >= 4 is 28.1 Å². The molecule has 36 heavy (non-hydrogen) atoms. The van der Waals surface area contributed by atoms with Crippen molar-refractivity contribution in [1.29, 1.82) is 5.26 Å². The SMILES string of the molecule is Cc1ccc(C)n1-c1ccc(OCc2ccc(C(=O)N/N=C/c3cc(Br)ccc3OCC#N)o2)cc1. The highest BCUT2D eigenvalue weighted by Gasteiger charge is 2.12. The van der Waals surface area contributed by atoms with E-state index >= 15 is 0 Å². The normalized spacial score (nSPS) is 10.8. The molecule has 0 fully saturated rings. The Hall–Kier alpha value is -4.29. The lowest BCUT2D eigenvalue weighted by atomic mass is 10.2. The summed E-state index contributed by atoms with van der Waals surface area (Å²) in [5.74, 6) is 1.27. The Morgan fingerprint density at radius 1 is 1.08 bits per heavy atom. The highest BCUT2D eigenvalue weighted by Crippen LogP contribution is 2.22. The van der Waals surface area contributed by atoms with Crippen molar-refractivity contribution in [2.45, 2.75) is 20.5 Å². The van der Waals surface area contributed by atoms with E-state index in [0.717, 1.165) is 21.5 Å². The second-order valence-corrected chi connectivity index (χ2v) is 8.74. The van der Waals surface area contributed by atoms with Crippen LogP contribution in [0.25, 0.3) is 5.69 Å². The standard InChI is InChI=1S/C27H23BrN4O4/c1-18-3-4-19(2)32(18)22-6-8-23(9-7-22)35-17-24-10-12-26(36-24)27(33)31-30-16-20-15-21(28)5-11-25(20)34-14-13-29/h3-12,15-16H,14,17H2,1-2H3,(H,31,33)/b30-16+. The number of hydrogen-bond acceptors (Lipinski definition) is 6. The molecule has 0 aliphatic carbocycles. The molecule has 0 bridgehead atoms. The van der Waals surface area contributed by atoms with E-state index < -0.39 is 5.91 Å². The average molecular weight is 547 g/mol. The van der Waals surface area contributed by atoms with Gasteiger partial charge in [-0.2, -0.15) is 10.4 Å². The molecule has 1 N–H and O–H groups in total. The third kappa shape index (κ3) is 6.03. The molecule has 2 heterocycles. The molecule has 0 saturated heterocycles. The highest BCUT2D eigenvalue weighted by atomic mass is 79.9. The number of carbonyl (C=O) groups is 1. The number of aryl methyl sites for hydroxylation is 2. The lowest BCUT2D eigenvalue weighted by Crippen LogP contribution is -2.17. The van der Waals surface area contributed by atoms with Gasteiger partial charge in [0, 0.05) is 27.1 Å². The lowest BCUT2D eigenvalue weighted by molar-refractivity contribution is 0.0923. The molecule has 0 unspecified atom stereocenters. The molecular formula is C27H23BrN4O4. The summed E-state index contributed by atoms with van der Waals surface area (Å²) in [4.78, 5) is 12.4. The summed E-state index contributed by atoms with van der Waals surface area (Å²) in [6.07, 6.45) is 1.43. The molecule has 0 radical (unpaired) electrons. The monoisotopic (exact) mass is 546 g/mol. The van der Waals surface area contributed by atoms with Crippen LogP contribution in [0, 0.1) is 25.2 Å². The van der Waals surface area contributed by atoms with Crippen LogP contribution in [0.4, 0.5) is 0 Å². The van der Waals surface area contributed by atoms with Crippen molar-refractivity contribution in [3.05, 3.63) is 99.7 Å². The first-order valence-electron chi connectivity index (χ1n) is 11.0. The quantitative estimate of drug-likeness (QED) is 0.214. The van der Waals surface area contributed by atoms with Gasteiger partial charge in [-0.1, -0.05) is 15.9 Å². The summed E-state index contributed by atoms with van der Waals surface area (Å²) in [7, 11) is 0. The van der Waals surface area contributed by atoms with Crippen LogP contribution in [0.1, 0.15) is 33.3 Å². The fourth-order valence-corrected chi connectivity index (χ4v) is 3.96. The number of halogens is 1. The minimum Gasteiger partial charge on any atom is -0.486 e. The third-order valence-electron chi connectivity index (χ3n) is 5.27. The summed E-state index contributed by atoms with van der Waals surface area (Å²) >= 11 is 3.38. The number of ether oxygens (including phenoxy) is 2. The number of nitriles is 1. The minimum absolute atomic E-state index is 0.0946. The van der Waals surface area contributed by atoms with Crippen molar-refractivity contribution in [3.63, 3.8) is 0 Å². The molecule has 8 nitrogen and oxygen atoms in total. The second-order valence-electron chi connectivity index (χ2n) is 7.83. The van der Waals surface area contributed by atoms with Crippen LogP contribution < -0.4 is 14.9 Å². The first kappa shape index (κ1) is 24.8. The maximum Gasteiger partial charge on any atom is 0.307 e. The van der Waals surface area contributed by atoms with E-state index in [1.807, 2.05) is 30.3 Å². The molecule has 2 aromatic heterocycles. The van der Waals surface area contributed by atoms with Crippen molar-refractivity contribution in [2.24, 2.45) is 5.10 Å². The predicted octanol–water partition coefficient (Wildman–Crippen LogP) is 5.69. The Balaban J connectivity index is 1.32. The third-order valence-corrected chi connectivity index (χ3v) is 5.76. The molecule has 182 valence electrons. The van der Waals surface area contributed by atoms with E-state index in [4.69, 9.17) is 19.2 Å². The first-order chi connectivity index (χ1) is 17.4. The molecule has 0 aliphatic heterocycles. The minimum atomic E-state index is -0.506. The van der Waals surface area contributed by atoms with Gasteiger partial charge < -0.3 is 18.5 Å². The molecule has 9 heteroatoms. The van der Waals surface area contributed by atoms with Crippen LogP contribution in [0.3, 0.4) is 0 Å². The lowest BCUT2D eigenvalue weighted by Gasteiger charge is -2.10. The Labute approximate surface area is 216 Å². The number of nitrogens with one attached hydrogen (secondary N) is 1. The topological polar surface area (TPSA) is 102 Å². The molecule has 2 aromatic carbocycles. The smallest absolute Gasteiger partial charge is 0.307 e. The first-order valence-corrected chi connectivity index (χ1v) is 11.8. The van der Waals surface area contributed by atoms with Gasteiger partial charge in [0.1, 0.15) is 29.9 Å². The molecule has 0 atom stereocenters. The van der Waals surface area contributed by atoms with Crippen LogP contribution in [0.2, 0.25) is 0 Å². The van der Waals surface area contributed by atoms with Gasteiger partial charge in [0.05, 0.1) is 6.21 Å². The summed E-state index contributed by atoms with van der Waals surface area (Å²) in [5.41, 5.74) is 6.41. The number of carbonyl (C=O) groups excluding carboxylic acids is 1. The maximum atomic E-state index is 12.4. The van der Waals surface area contributed by atoms with Gasteiger partial charge in [-0.3, -0.25) is 4.79 Å². The molecule has 0 aliphatic rings. The van der Waals surface area contributed by atoms with Gasteiger partial charge in [0.25, 0.3) is 0 Å². The Morgan fingerprint density at radius 2 is 1.83 bits per heavy atom. The van der Waals surface area contributed by atoms with E-state index in [-0.39, 0.29) is 19.0 Å². The molecule has 4 aromatic rings. The van der Waals surface area contributed by atoms with Gasteiger partial charge in [0.15, 0.2) is 12.4 Å². The summed E-state index contributed by atoms with van der Waals surface area (Å²) < 4.78 is 19.7. The summed E-state index contributed by atoms with van der Waals surface area (Å²) in [6, 6.07) is 22.4. The van der Waals surface area contributed by atoms with Crippen molar-refractivity contribution in [2.75, 3.05) is 6.61 Å². The molecule has 0 saturated carbocycles. The molecular weight excluding hydrogens is 524 g/mol. The highest BCUT2D eigenvalue weighted by molar-refractivity contribution is 9.10. The number of benzene rings is 2. The number of rotatable bonds is 9. The summed E-state index contributed by atoms with van der Waals surface area (Å²) in [6.45, 7) is 4.21. The van der Waals surface area contributed by atoms with Crippen molar-refractivity contribution in [1.82, 2.24) is 9.99 Å². The van der Waals surface area contributed by atoms with Crippen LogP contribution in [-0.2, 0) is 6.61 Å².